The molecule has 43 heavy (non-hydrogen) atoms. The molecule has 0 spiro atoms. The summed E-state index contributed by atoms with van der Waals surface area (Å²) in [5.41, 5.74) is -1.75. The number of nitrogens with zero attached hydrogens (tertiary/aromatic N) is 2. The van der Waals surface area contributed by atoms with Gasteiger partial charge in [-0.05, 0) is 19.6 Å². The largest absolute Gasteiger partial charge is 0.483 e. The Labute approximate surface area is 244 Å². The van der Waals surface area contributed by atoms with Crippen LogP contribution in [0.1, 0.15) is 27.0 Å². The van der Waals surface area contributed by atoms with E-state index < -0.39 is 95.4 Å². The van der Waals surface area contributed by atoms with Crippen molar-refractivity contribution < 1.29 is 72.4 Å². The molecule has 22 heteroatoms. The van der Waals surface area contributed by atoms with E-state index in [0.29, 0.717) is 0 Å². The molecule has 0 amide bonds. The monoisotopic (exact) mass is 667 g/mol. The average molecular weight is 667 g/mol. The van der Waals surface area contributed by atoms with Gasteiger partial charge in [0.15, 0.2) is 12.5 Å². The highest BCUT2D eigenvalue weighted by Crippen LogP contribution is 2.61. The Bertz CT molecular complexity index is 1220. The second kappa shape index (κ2) is 16.2. The smallest absolute Gasteiger partial charge is 0.394 e. The third-order valence-electron chi connectivity index (χ3n) is 6.50. The fraction of sp³-hybridized carbons (Fsp3) is 0.810. The summed E-state index contributed by atoms with van der Waals surface area (Å²) in [6.45, 7) is 8.20. The molecule has 2 saturated heterocycles. The van der Waals surface area contributed by atoms with Crippen LogP contribution in [-0.4, -0.2) is 137 Å². The van der Waals surface area contributed by atoms with Crippen LogP contribution in [0.5, 0.6) is 0 Å². The van der Waals surface area contributed by atoms with Gasteiger partial charge in [0.05, 0.1) is 13.2 Å². The van der Waals surface area contributed by atoms with E-state index in [1.165, 1.54) is 19.6 Å². The summed E-state index contributed by atoms with van der Waals surface area (Å²) in [4.78, 5) is 46.9. The maximum Gasteiger partial charge on any atom is 0.483 e. The molecule has 3 heterocycles. The second-order valence-corrected chi connectivity index (χ2v) is 12.3. The van der Waals surface area contributed by atoms with E-state index in [4.69, 9.17) is 14.6 Å². The van der Waals surface area contributed by atoms with Crippen molar-refractivity contribution in [1.82, 2.24) is 14.5 Å². The lowest BCUT2D eigenvalue weighted by molar-refractivity contribution is -0.280. The number of H-pyrrole nitrogens is 1. The molecule has 1 aromatic rings. The van der Waals surface area contributed by atoms with E-state index in [1.54, 1.807) is 0 Å². The number of aliphatic hydroxyl groups excluding tert-OH is 6. The molecule has 0 radical (unpaired) electrons. The lowest BCUT2D eigenvalue weighted by atomic mass is 10.00. The van der Waals surface area contributed by atoms with E-state index >= 15 is 0 Å². The predicted molar refractivity (Wildman–Crippen MR) is 142 cm³/mol. The molecule has 3 rings (SSSR count). The van der Waals surface area contributed by atoms with Crippen molar-refractivity contribution in [2.45, 2.75) is 76.0 Å². The first kappa shape index (κ1) is 37.8. The van der Waals surface area contributed by atoms with Crippen molar-refractivity contribution in [3.05, 3.63) is 33.1 Å². The standard InChI is InChI=1S/C15H24N2O17P2.C6H15N/c18-3-5-8(20)10(22)12(24)14(32-5)33-36(28,29)34-35(26,27)30-4-6-9(21)11(23)13(31-6)17-2-1-7(19)16-15(17)25;1-4-7(5-2)6-3/h1-2,5-6,8-14,18,20-24H,3-4H2,(H,26,27)(H,28,29)(H,16,19,25);4-6H2,1-3H3/t5-,6-,8-,9-,10+,11-,12-,13-,14-;/m1./s1. The third kappa shape index (κ3) is 10.3. The van der Waals surface area contributed by atoms with Crippen LogP contribution in [0.15, 0.2) is 21.9 Å². The van der Waals surface area contributed by atoms with Crippen molar-refractivity contribution in [1.29, 1.82) is 0 Å². The number of phosphoric acid groups is 2. The molecule has 0 aliphatic carbocycles. The maximum absolute atomic E-state index is 12.2. The summed E-state index contributed by atoms with van der Waals surface area (Å²) in [5, 5.41) is 58.6. The fourth-order valence-electron chi connectivity index (χ4n) is 4.02. The summed E-state index contributed by atoms with van der Waals surface area (Å²) < 4.78 is 48.1. The molecule has 250 valence electrons. The average Bonchev–Trinajstić information content (AvgIpc) is 3.21. The Kier molecular flexibility index (Phi) is 14.3. The van der Waals surface area contributed by atoms with Crippen molar-refractivity contribution in [3.63, 3.8) is 0 Å². The fourth-order valence-corrected chi connectivity index (χ4v) is 6.18. The molecule has 20 nitrogen and oxygen atoms in total. The van der Waals surface area contributed by atoms with Crippen molar-refractivity contribution in [2.75, 3.05) is 32.8 Å². The highest BCUT2D eigenvalue weighted by atomic mass is 31.3. The third-order valence-corrected chi connectivity index (χ3v) is 9.10. The topological polar surface area (TPSA) is 300 Å². The SMILES string of the molecule is CCN(CC)CC.O=c1ccn([C@@H]2O[C@H](COP(=O)(O)OP(=O)(O)O[C@H]3O[C@H](CO)[C@@H](O)[C@H](O)[C@H]3O)[C@@H](O)[C@H]2O)c(=O)[nH]1. The summed E-state index contributed by atoms with van der Waals surface area (Å²) in [7, 11) is -11.1. The van der Waals surface area contributed by atoms with Gasteiger partial charge < -0.3 is 54.8 Å². The van der Waals surface area contributed by atoms with Crippen molar-refractivity contribution in [2.24, 2.45) is 0 Å². The molecule has 9 N–H and O–H groups in total. The Balaban J connectivity index is 0.000000821. The summed E-state index contributed by atoms with van der Waals surface area (Å²) >= 11 is 0. The van der Waals surface area contributed by atoms with Crippen molar-refractivity contribution in [3.8, 4) is 0 Å². The Morgan fingerprint density at radius 3 is 1.98 bits per heavy atom. The summed E-state index contributed by atoms with van der Waals surface area (Å²) in [5.74, 6) is 0. The summed E-state index contributed by atoms with van der Waals surface area (Å²) in [6.07, 6.45) is -15.4. The molecule has 2 fully saturated rings. The van der Waals surface area contributed by atoms with Gasteiger partial charge in [-0.2, -0.15) is 4.31 Å². The van der Waals surface area contributed by atoms with Crippen LogP contribution in [0.4, 0.5) is 0 Å². The predicted octanol–water partition coefficient (Wildman–Crippen LogP) is -3.45. The van der Waals surface area contributed by atoms with E-state index in [1.807, 2.05) is 4.98 Å². The van der Waals surface area contributed by atoms with Crippen LogP contribution in [0, 0.1) is 0 Å². The minimum Gasteiger partial charge on any atom is -0.394 e. The highest BCUT2D eigenvalue weighted by molar-refractivity contribution is 7.61. The summed E-state index contributed by atoms with van der Waals surface area (Å²) in [6, 6.07) is 0.928. The molecule has 0 aromatic carbocycles. The van der Waals surface area contributed by atoms with Crippen LogP contribution in [0.25, 0.3) is 0 Å². The highest BCUT2D eigenvalue weighted by Gasteiger charge is 2.49. The molecule has 1 aromatic heterocycles. The Morgan fingerprint density at radius 2 is 1.47 bits per heavy atom. The van der Waals surface area contributed by atoms with Gasteiger partial charge in [-0.25, -0.2) is 13.9 Å². The normalized spacial score (nSPS) is 33.8. The molecule has 2 aliphatic rings. The molecular formula is C21H39N3O17P2. The van der Waals surface area contributed by atoms with Crippen LogP contribution >= 0.6 is 15.6 Å². The number of phosphoric ester groups is 2. The number of ether oxygens (including phenoxy) is 2. The quantitative estimate of drug-likeness (QED) is 0.0979. The first-order valence-electron chi connectivity index (χ1n) is 13.1. The zero-order valence-electron chi connectivity index (χ0n) is 23.4. The van der Waals surface area contributed by atoms with Crippen molar-refractivity contribution >= 4 is 15.6 Å². The van der Waals surface area contributed by atoms with Gasteiger partial charge in [0.2, 0.25) is 0 Å². The molecule has 11 atom stereocenters. The van der Waals surface area contributed by atoms with Crippen LogP contribution in [-0.2, 0) is 32.0 Å². The minimum atomic E-state index is -5.59. The van der Waals surface area contributed by atoms with Gasteiger partial charge in [0.1, 0.15) is 42.7 Å². The molecule has 0 saturated carbocycles. The second-order valence-electron chi connectivity index (χ2n) is 9.30. The number of nitrogens with one attached hydrogen (secondary N) is 1. The number of aromatic nitrogens is 2. The van der Waals surface area contributed by atoms with E-state index in [2.05, 4.69) is 39.0 Å². The zero-order chi connectivity index (χ0) is 32.7. The number of aromatic amines is 1. The van der Waals surface area contributed by atoms with Gasteiger partial charge in [-0.1, -0.05) is 20.8 Å². The molecule has 0 bridgehead atoms. The van der Waals surface area contributed by atoms with Gasteiger partial charge >= 0.3 is 21.3 Å². The first-order valence-corrected chi connectivity index (χ1v) is 16.1. The van der Waals surface area contributed by atoms with Crippen LogP contribution in [0.2, 0.25) is 0 Å². The Morgan fingerprint density at radius 1 is 0.884 bits per heavy atom. The molecular weight excluding hydrogens is 628 g/mol. The maximum atomic E-state index is 12.2. The van der Waals surface area contributed by atoms with Gasteiger partial charge in [0, 0.05) is 12.3 Å². The number of rotatable bonds is 12. The lowest BCUT2D eigenvalue weighted by Crippen LogP contribution is -2.58. The Hall–Kier alpha value is -1.42. The van der Waals surface area contributed by atoms with Crippen LogP contribution in [0.3, 0.4) is 0 Å². The number of aliphatic hydroxyl groups is 6. The van der Waals surface area contributed by atoms with Gasteiger partial charge in [-0.3, -0.25) is 23.4 Å². The van der Waals surface area contributed by atoms with E-state index in [-0.39, 0.29) is 0 Å². The van der Waals surface area contributed by atoms with Crippen LogP contribution < -0.4 is 11.2 Å². The van der Waals surface area contributed by atoms with E-state index in [9.17, 15) is 54.0 Å². The first-order chi connectivity index (χ1) is 20.0. The number of hydrogen-bond acceptors (Lipinski definition) is 16. The van der Waals surface area contributed by atoms with Gasteiger partial charge in [-0.15, -0.1) is 0 Å². The van der Waals surface area contributed by atoms with Gasteiger partial charge in [0.25, 0.3) is 5.56 Å². The molecule has 2 unspecified atom stereocenters. The number of hydrogen-bond donors (Lipinski definition) is 9. The zero-order valence-corrected chi connectivity index (χ0v) is 25.2. The minimum absolute atomic E-state index is 0.723. The molecule has 2 aliphatic heterocycles. The van der Waals surface area contributed by atoms with E-state index in [0.717, 1.165) is 16.8 Å². The lowest BCUT2D eigenvalue weighted by Gasteiger charge is -2.39.